The van der Waals surface area contributed by atoms with Crippen LogP contribution in [0.3, 0.4) is 0 Å². The summed E-state index contributed by atoms with van der Waals surface area (Å²) in [5, 5.41) is 0. The fraction of sp³-hybridized carbons (Fsp3) is 0.333. The van der Waals surface area contributed by atoms with Crippen LogP contribution in [0.5, 0.6) is 11.5 Å². The summed E-state index contributed by atoms with van der Waals surface area (Å²) in [5.74, 6) is 1.22. The Morgan fingerprint density at radius 3 is 2.44 bits per heavy atom. The average Bonchev–Trinajstić information content (AvgIpc) is 2.73. The summed E-state index contributed by atoms with van der Waals surface area (Å²) >= 11 is 0. The van der Waals surface area contributed by atoms with Crippen LogP contribution in [-0.4, -0.2) is 56.2 Å². The molecular weight excluding hydrogens is 342 g/mol. The molecule has 0 spiro atoms. The minimum atomic E-state index is 0.00986. The Hall–Kier alpha value is -3.02. The van der Waals surface area contributed by atoms with Crippen LogP contribution in [0, 0.1) is 0 Å². The van der Waals surface area contributed by atoms with Gasteiger partial charge < -0.3 is 19.3 Å². The molecule has 1 amide bonds. The van der Waals surface area contributed by atoms with Gasteiger partial charge >= 0.3 is 0 Å². The van der Waals surface area contributed by atoms with Crippen molar-refractivity contribution < 1.29 is 14.3 Å². The Kier molecular flexibility index (Phi) is 5.96. The zero-order valence-corrected chi connectivity index (χ0v) is 15.9. The number of rotatable bonds is 6. The first-order valence-electron chi connectivity index (χ1n) is 8.98. The Morgan fingerprint density at radius 2 is 1.85 bits per heavy atom. The van der Waals surface area contributed by atoms with Crippen LogP contribution >= 0.6 is 0 Å². The number of hydrogen-bond acceptors (Lipinski definition) is 5. The molecule has 6 heteroatoms. The first-order valence-corrected chi connectivity index (χ1v) is 8.98. The lowest BCUT2D eigenvalue weighted by Gasteiger charge is -2.36. The fourth-order valence-corrected chi connectivity index (χ4v) is 3.38. The normalized spacial score (nSPS) is 14.0. The van der Waals surface area contributed by atoms with E-state index in [0.29, 0.717) is 36.6 Å². The minimum absolute atomic E-state index is 0.00986. The van der Waals surface area contributed by atoms with Crippen molar-refractivity contribution >= 4 is 11.6 Å². The van der Waals surface area contributed by atoms with Crippen molar-refractivity contribution in [2.45, 2.75) is 6.42 Å². The second-order valence-electron chi connectivity index (χ2n) is 6.35. The molecule has 0 unspecified atom stereocenters. The van der Waals surface area contributed by atoms with E-state index in [-0.39, 0.29) is 5.91 Å². The molecule has 1 aliphatic rings. The predicted octanol–water partition coefficient (Wildman–Crippen LogP) is 2.79. The van der Waals surface area contributed by atoms with Crippen LogP contribution in [0.1, 0.15) is 15.9 Å². The number of carbonyl (C=O) groups excluding carboxylic acids is 1. The maximum absolute atomic E-state index is 13.0. The van der Waals surface area contributed by atoms with Gasteiger partial charge in [-0.1, -0.05) is 6.08 Å². The third-order valence-corrected chi connectivity index (χ3v) is 4.76. The Morgan fingerprint density at radius 1 is 1.15 bits per heavy atom. The number of pyridine rings is 1. The quantitative estimate of drug-likeness (QED) is 0.735. The van der Waals surface area contributed by atoms with E-state index in [2.05, 4.69) is 16.5 Å². The molecule has 0 N–H and O–H groups in total. The summed E-state index contributed by atoms with van der Waals surface area (Å²) < 4.78 is 10.9. The first kappa shape index (κ1) is 18.8. The Bertz CT molecular complexity index is 800. The van der Waals surface area contributed by atoms with E-state index in [1.165, 1.54) is 0 Å². The maximum atomic E-state index is 13.0. The van der Waals surface area contributed by atoms with Crippen molar-refractivity contribution in [3.05, 3.63) is 60.4 Å². The third kappa shape index (κ3) is 4.05. The SMILES string of the molecule is C=CCc1cc(C(=O)N2CCN(c3ccncc3)CC2)cc(OC)c1OC. The third-order valence-electron chi connectivity index (χ3n) is 4.76. The number of benzene rings is 1. The van der Waals surface area contributed by atoms with Crippen LogP contribution < -0.4 is 14.4 Å². The molecule has 1 aromatic carbocycles. The summed E-state index contributed by atoms with van der Waals surface area (Å²) in [6, 6.07) is 7.62. The summed E-state index contributed by atoms with van der Waals surface area (Å²) in [6.07, 6.45) is 5.98. The zero-order valence-electron chi connectivity index (χ0n) is 15.9. The molecule has 0 atom stereocenters. The molecule has 0 radical (unpaired) electrons. The number of ether oxygens (including phenoxy) is 2. The number of hydrogen-bond donors (Lipinski definition) is 0. The van der Waals surface area contributed by atoms with Gasteiger partial charge in [0.1, 0.15) is 0 Å². The van der Waals surface area contributed by atoms with E-state index in [0.717, 1.165) is 24.3 Å². The van der Waals surface area contributed by atoms with Gasteiger partial charge in [0.05, 0.1) is 14.2 Å². The van der Waals surface area contributed by atoms with Gasteiger partial charge in [-0.05, 0) is 30.7 Å². The number of methoxy groups -OCH3 is 2. The smallest absolute Gasteiger partial charge is 0.254 e. The molecule has 0 bridgehead atoms. The molecule has 6 nitrogen and oxygen atoms in total. The van der Waals surface area contributed by atoms with E-state index in [1.54, 1.807) is 38.8 Å². The maximum Gasteiger partial charge on any atom is 0.254 e. The molecule has 3 rings (SSSR count). The van der Waals surface area contributed by atoms with Crippen LogP contribution in [0.25, 0.3) is 0 Å². The van der Waals surface area contributed by atoms with Gasteiger partial charge in [-0.15, -0.1) is 6.58 Å². The highest BCUT2D eigenvalue weighted by atomic mass is 16.5. The number of amides is 1. The van der Waals surface area contributed by atoms with Crippen molar-refractivity contribution in [2.75, 3.05) is 45.3 Å². The topological polar surface area (TPSA) is 54.9 Å². The second kappa shape index (κ2) is 8.58. The van der Waals surface area contributed by atoms with Gasteiger partial charge in [-0.25, -0.2) is 0 Å². The number of nitrogens with zero attached hydrogens (tertiary/aromatic N) is 3. The zero-order chi connectivity index (χ0) is 19.2. The van der Waals surface area contributed by atoms with Crippen LogP contribution in [0.2, 0.25) is 0 Å². The highest BCUT2D eigenvalue weighted by molar-refractivity contribution is 5.95. The summed E-state index contributed by atoms with van der Waals surface area (Å²) in [4.78, 5) is 21.3. The largest absolute Gasteiger partial charge is 0.493 e. The lowest BCUT2D eigenvalue weighted by molar-refractivity contribution is 0.0746. The van der Waals surface area contributed by atoms with Crippen molar-refractivity contribution in [1.82, 2.24) is 9.88 Å². The number of allylic oxidation sites excluding steroid dienone is 1. The van der Waals surface area contributed by atoms with E-state index < -0.39 is 0 Å². The molecule has 27 heavy (non-hydrogen) atoms. The number of carbonyl (C=O) groups is 1. The fourth-order valence-electron chi connectivity index (χ4n) is 3.38. The monoisotopic (exact) mass is 367 g/mol. The molecule has 0 aliphatic carbocycles. The van der Waals surface area contributed by atoms with Gasteiger partial charge in [-0.3, -0.25) is 9.78 Å². The first-order chi connectivity index (χ1) is 13.2. The molecular formula is C21H25N3O3. The predicted molar refractivity (Wildman–Crippen MR) is 106 cm³/mol. The van der Waals surface area contributed by atoms with Gasteiger partial charge in [-0.2, -0.15) is 0 Å². The number of aromatic nitrogens is 1. The molecule has 2 heterocycles. The standard InChI is InChI=1S/C21H25N3O3/c1-4-5-16-14-17(15-19(26-2)20(16)27-3)21(25)24-12-10-23(11-13-24)18-6-8-22-9-7-18/h4,6-9,14-15H,1,5,10-13H2,2-3H3. The summed E-state index contributed by atoms with van der Waals surface area (Å²) in [6.45, 7) is 6.72. The van der Waals surface area contributed by atoms with E-state index in [4.69, 9.17) is 9.47 Å². The molecule has 2 aromatic rings. The minimum Gasteiger partial charge on any atom is -0.493 e. The Labute approximate surface area is 160 Å². The molecule has 1 fully saturated rings. The summed E-state index contributed by atoms with van der Waals surface area (Å²) in [5.41, 5.74) is 2.64. The van der Waals surface area contributed by atoms with E-state index in [1.807, 2.05) is 23.1 Å². The molecule has 0 saturated carbocycles. The van der Waals surface area contributed by atoms with Crippen LogP contribution in [-0.2, 0) is 6.42 Å². The van der Waals surface area contributed by atoms with Crippen molar-refractivity contribution in [3.63, 3.8) is 0 Å². The lowest BCUT2D eigenvalue weighted by atomic mass is 10.0. The molecule has 1 aliphatic heterocycles. The van der Waals surface area contributed by atoms with Crippen molar-refractivity contribution in [1.29, 1.82) is 0 Å². The van der Waals surface area contributed by atoms with Crippen LogP contribution in [0.15, 0.2) is 49.3 Å². The molecule has 142 valence electrons. The Balaban J connectivity index is 1.76. The van der Waals surface area contributed by atoms with Gasteiger partial charge in [0, 0.05) is 55.4 Å². The highest BCUT2D eigenvalue weighted by Gasteiger charge is 2.24. The lowest BCUT2D eigenvalue weighted by Crippen LogP contribution is -2.48. The molecule has 1 saturated heterocycles. The van der Waals surface area contributed by atoms with Gasteiger partial charge in [0.15, 0.2) is 11.5 Å². The summed E-state index contributed by atoms with van der Waals surface area (Å²) in [7, 11) is 3.18. The average molecular weight is 367 g/mol. The molecule has 1 aromatic heterocycles. The van der Waals surface area contributed by atoms with Gasteiger partial charge in [0.25, 0.3) is 5.91 Å². The van der Waals surface area contributed by atoms with Gasteiger partial charge in [0.2, 0.25) is 0 Å². The number of piperazine rings is 1. The van der Waals surface area contributed by atoms with E-state index >= 15 is 0 Å². The van der Waals surface area contributed by atoms with E-state index in [9.17, 15) is 4.79 Å². The van der Waals surface area contributed by atoms with Crippen molar-refractivity contribution in [3.8, 4) is 11.5 Å². The highest BCUT2D eigenvalue weighted by Crippen LogP contribution is 2.33. The van der Waals surface area contributed by atoms with Crippen molar-refractivity contribution in [2.24, 2.45) is 0 Å². The number of anilines is 1. The van der Waals surface area contributed by atoms with Crippen LogP contribution in [0.4, 0.5) is 5.69 Å². The second-order valence-corrected chi connectivity index (χ2v) is 6.35.